The maximum Gasteiger partial charge on any atom is 0.325 e. The van der Waals surface area contributed by atoms with E-state index >= 15 is 0 Å². The lowest BCUT2D eigenvalue weighted by molar-refractivity contribution is -0.155. The summed E-state index contributed by atoms with van der Waals surface area (Å²) in [5, 5.41) is 0. The molecular formula is C24H28O10. The number of methoxy groups -OCH3 is 7. The molecule has 2 atom stereocenters. The molecule has 0 aliphatic carbocycles. The van der Waals surface area contributed by atoms with Gasteiger partial charge in [0.1, 0.15) is 5.75 Å². The van der Waals surface area contributed by atoms with E-state index in [9.17, 15) is 9.59 Å². The van der Waals surface area contributed by atoms with E-state index in [1.807, 2.05) is 0 Å². The lowest BCUT2D eigenvalue weighted by Gasteiger charge is -2.24. The first kappa shape index (κ1) is 24.8. The Morgan fingerprint density at radius 3 is 1.76 bits per heavy atom. The van der Waals surface area contributed by atoms with Crippen molar-refractivity contribution in [1.82, 2.24) is 0 Å². The van der Waals surface area contributed by atoms with E-state index in [-0.39, 0.29) is 12.2 Å². The maximum absolute atomic E-state index is 12.9. The predicted molar refractivity (Wildman–Crippen MR) is 120 cm³/mol. The number of hydrogen-bond donors (Lipinski definition) is 0. The fourth-order valence-corrected chi connectivity index (χ4v) is 4.14. The highest BCUT2D eigenvalue weighted by molar-refractivity contribution is 5.97. The minimum Gasteiger partial charge on any atom is -0.493 e. The molecule has 0 radical (unpaired) electrons. The number of carbonyl (C=O) groups is 2. The van der Waals surface area contributed by atoms with Crippen LogP contribution in [0.15, 0.2) is 18.2 Å². The predicted octanol–water partition coefficient (Wildman–Crippen LogP) is 2.97. The Bertz CT molecular complexity index is 1050. The van der Waals surface area contributed by atoms with Crippen LogP contribution in [0.4, 0.5) is 0 Å². The van der Waals surface area contributed by atoms with Crippen LogP contribution in [0.25, 0.3) is 0 Å². The summed E-state index contributed by atoms with van der Waals surface area (Å²) in [6, 6.07) is 5.02. The van der Waals surface area contributed by atoms with E-state index in [1.165, 1.54) is 55.8 Å². The summed E-state index contributed by atoms with van der Waals surface area (Å²) < 4.78 is 43.7. The Balaban J connectivity index is 2.37. The Morgan fingerprint density at radius 1 is 0.765 bits per heavy atom. The molecule has 0 aromatic heterocycles. The molecule has 0 spiro atoms. The van der Waals surface area contributed by atoms with E-state index in [1.54, 1.807) is 12.1 Å². The standard InChI is InChI=1S/C24H28O10/c1-27-16-8-12(9-17(28-2)20(16)30-4)13-10-14(23(25)33-7)24(26)34-15-11-18(29-3)21(31-5)22(32-6)19(13)15/h8-9,11,13-14H,10H2,1-7H3/t13-,14+/m0/s1. The van der Waals surface area contributed by atoms with Crippen molar-refractivity contribution >= 4 is 11.9 Å². The Hall–Kier alpha value is -3.82. The van der Waals surface area contributed by atoms with Gasteiger partial charge in [0.2, 0.25) is 11.5 Å². The highest BCUT2D eigenvalue weighted by Gasteiger charge is 2.41. The number of ether oxygens (including phenoxy) is 8. The third kappa shape index (κ3) is 4.23. The topological polar surface area (TPSA) is 108 Å². The SMILES string of the molecule is COC(=O)[C@H]1C[C@@H](c2cc(OC)c(OC)c(OC)c2)c2c(cc(OC)c(OC)c2OC)OC1=O. The molecule has 10 nitrogen and oxygen atoms in total. The van der Waals surface area contributed by atoms with Gasteiger partial charge in [-0.1, -0.05) is 0 Å². The average Bonchev–Trinajstić information content (AvgIpc) is 3.01. The summed E-state index contributed by atoms with van der Waals surface area (Å²) in [5.74, 6) is -0.951. The highest BCUT2D eigenvalue weighted by atomic mass is 16.6. The zero-order valence-electron chi connectivity index (χ0n) is 20.2. The third-order valence-electron chi connectivity index (χ3n) is 5.72. The second kappa shape index (κ2) is 10.4. The summed E-state index contributed by atoms with van der Waals surface area (Å²) in [7, 11) is 10.1. The summed E-state index contributed by atoms with van der Waals surface area (Å²) in [4.78, 5) is 25.5. The molecule has 1 heterocycles. The molecule has 0 unspecified atom stereocenters. The molecule has 0 N–H and O–H groups in total. The zero-order chi connectivity index (χ0) is 25.0. The minimum absolute atomic E-state index is 0.0307. The van der Waals surface area contributed by atoms with Gasteiger partial charge in [0.15, 0.2) is 28.9 Å². The quantitative estimate of drug-likeness (QED) is 0.320. The van der Waals surface area contributed by atoms with Crippen LogP contribution in [-0.4, -0.2) is 61.7 Å². The molecule has 0 bridgehead atoms. The fourth-order valence-electron chi connectivity index (χ4n) is 4.14. The van der Waals surface area contributed by atoms with Gasteiger partial charge in [-0.3, -0.25) is 9.59 Å². The van der Waals surface area contributed by atoms with Crippen molar-refractivity contribution in [3.05, 3.63) is 29.3 Å². The second-order valence-corrected chi connectivity index (χ2v) is 7.30. The molecule has 2 aromatic rings. The molecule has 0 fully saturated rings. The van der Waals surface area contributed by atoms with E-state index in [4.69, 9.17) is 37.9 Å². The second-order valence-electron chi connectivity index (χ2n) is 7.30. The van der Waals surface area contributed by atoms with E-state index in [2.05, 4.69) is 0 Å². The van der Waals surface area contributed by atoms with Gasteiger partial charge in [-0.05, 0) is 24.1 Å². The van der Waals surface area contributed by atoms with Crippen molar-refractivity contribution in [3.63, 3.8) is 0 Å². The van der Waals surface area contributed by atoms with Gasteiger partial charge in [-0.15, -0.1) is 0 Å². The Labute approximate surface area is 197 Å². The third-order valence-corrected chi connectivity index (χ3v) is 5.72. The molecular weight excluding hydrogens is 448 g/mol. The van der Waals surface area contributed by atoms with Gasteiger partial charge in [0, 0.05) is 17.5 Å². The number of carbonyl (C=O) groups excluding carboxylic acids is 2. The minimum atomic E-state index is -1.19. The van der Waals surface area contributed by atoms with Gasteiger partial charge in [0.25, 0.3) is 0 Å². The van der Waals surface area contributed by atoms with Crippen molar-refractivity contribution in [3.8, 4) is 40.2 Å². The van der Waals surface area contributed by atoms with Crippen molar-refractivity contribution in [2.24, 2.45) is 5.92 Å². The normalized spacial score (nSPS) is 17.0. The lowest BCUT2D eigenvalue weighted by atomic mass is 9.83. The molecule has 0 saturated heterocycles. The van der Waals surface area contributed by atoms with Gasteiger partial charge in [-0.25, -0.2) is 0 Å². The monoisotopic (exact) mass is 476 g/mol. The van der Waals surface area contributed by atoms with Crippen LogP contribution in [0.3, 0.4) is 0 Å². The lowest BCUT2D eigenvalue weighted by Crippen LogP contribution is -2.29. The summed E-state index contributed by atoms with van der Waals surface area (Å²) in [6.45, 7) is 0. The summed E-state index contributed by atoms with van der Waals surface area (Å²) in [6.07, 6.45) is 0.0307. The summed E-state index contributed by atoms with van der Waals surface area (Å²) >= 11 is 0. The average molecular weight is 476 g/mol. The van der Waals surface area contributed by atoms with Crippen LogP contribution in [0.5, 0.6) is 40.2 Å². The van der Waals surface area contributed by atoms with Crippen LogP contribution in [0.1, 0.15) is 23.5 Å². The smallest absolute Gasteiger partial charge is 0.325 e. The molecule has 2 aromatic carbocycles. The first-order valence-electron chi connectivity index (χ1n) is 10.3. The van der Waals surface area contributed by atoms with Crippen molar-refractivity contribution in [2.45, 2.75) is 12.3 Å². The van der Waals surface area contributed by atoms with E-state index in [0.29, 0.717) is 45.6 Å². The van der Waals surface area contributed by atoms with Crippen molar-refractivity contribution < 1.29 is 47.5 Å². The van der Waals surface area contributed by atoms with E-state index in [0.717, 1.165) is 0 Å². The highest BCUT2D eigenvalue weighted by Crippen LogP contribution is 2.54. The van der Waals surface area contributed by atoms with Gasteiger partial charge < -0.3 is 37.9 Å². The first-order chi connectivity index (χ1) is 16.4. The molecule has 34 heavy (non-hydrogen) atoms. The maximum atomic E-state index is 12.9. The van der Waals surface area contributed by atoms with Crippen LogP contribution in [0.2, 0.25) is 0 Å². The summed E-state index contributed by atoms with van der Waals surface area (Å²) in [5.41, 5.74) is 1.16. The Kier molecular flexibility index (Phi) is 7.60. The van der Waals surface area contributed by atoms with Gasteiger partial charge >= 0.3 is 11.9 Å². The van der Waals surface area contributed by atoms with Crippen molar-refractivity contribution in [1.29, 1.82) is 0 Å². The van der Waals surface area contributed by atoms with Crippen LogP contribution >= 0.6 is 0 Å². The Morgan fingerprint density at radius 2 is 1.29 bits per heavy atom. The molecule has 1 aliphatic heterocycles. The van der Waals surface area contributed by atoms with Gasteiger partial charge in [-0.2, -0.15) is 0 Å². The fraction of sp³-hybridized carbons (Fsp3) is 0.417. The van der Waals surface area contributed by atoms with Crippen LogP contribution in [-0.2, 0) is 14.3 Å². The number of benzene rings is 2. The van der Waals surface area contributed by atoms with Crippen LogP contribution in [0, 0.1) is 5.92 Å². The number of hydrogen-bond acceptors (Lipinski definition) is 10. The zero-order valence-corrected chi connectivity index (χ0v) is 20.2. The van der Waals surface area contributed by atoms with Crippen molar-refractivity contribution in [2.75, 3.05) is 49.8 Å². The first-order valence-corrected chi connectivity index (χ1v) is 10.3. The number of fused-ring (bicyclic) bond motifs is 1. The van der Waals surface area contributed by atoms with E-state index < -0.39 is 23.8 Å². The molecule has 0 amide bonds. The largest absolute Gasteiger partial charge is 0.493 e. The number of rotatable bonds is 8. The molecule has 10 heteroatoms. The molecule has 184 valence electrons. The molecule has 1 aliphatic rings. The molecule has 3 rings (SSSR count). The van der Waals surface area contributed by atoms with Gasteiger partial charge in [0.05, 0.1) is 49.8 Å². The van der Waals surface area contributed by atoms with Crippen LogP contribution < -0.4 is 33.2 Å². The number of esters is 2. The molecule has 0 saturated carbocycles.